The Hall–Kier alpha value is -1.10. The number of rotatable bonds is 5. The van der Waals surface area contributed by atoms with Gasteiger partial charge in [0.2, 0.25) is 0 Å². The van der Waals surface area contributed by atoms with E-state index in [1.807, 2.05) is 25.1 Å². The first-order chi connectivity index (χ1) is 8.65. The van der Waals surface area contributed by atoms with Gasteiger partial charge in [0.25, 0.3) is 0 Å². The lowest BCUT2D eigenvalue weighted by Crippen LogP contribution is -2.30. The monoisotopic (exact) mass is 251 g/mol. The van der Waals surface area contributed by atoms with Crippen molar-refractivity contribution in [3.05, 3.63) is 29.8 Å². The fourth-order valence-electron chi connectivity index (χ4n) is 2.26. The number of hydrogen-bond acceptors (Lipinski definition) is 4. The molecule has 0 bridgehead atoms. The first kappa shape index (κ1) is 13.3. The van der Waals surface area contributed by atoms with Gasteiger partial charge in [-0.2, -0.15) is 0 Å². The van der Waals surface area contributed by atoms with Gasteiger partial charge in [0.05, 0.1) is 19.8 Å². The summed E-state index contributed by atoms with van der Waals surface area (Å²) in [6.45, 7) is 3.23. The third kappa shape index (κ3) is 3.22. The van der Waals surface area contributed by atoms with E-state index in [9.17, 15) is 0 Å². The van der Waals surface area contributed by atoms with Crippen molar-refractivity contribution >= 4 is 0 Å². The van der Waals surface area contributed by atoms with Gasteiger partial charge in [0, 0.05) is 6.42 Å². The van der Waals surface area contributed by atoms with Crippen LogP contribution in [0, 0.1) is 0 Å². The smallest absolute Gasteiger partial charge is 0.170 e. The van der Waals surface area contributed by atoms with E-state index < -0.39 is 5.79 Å². The predicted octanol–water partition coefficient (Wildman–Crippen LogP) is 1.72. The second kappa shape index (κ2) is 5.69. The molecule has 1 aliphatic rings. The Morgan fingerprint density at radius 2 is 2.33 bits per heavy atom. The van der Waals surface area contributed by atoms with Crippen LogP contribution in [0.1, 0.15) is 18.9 Å². The van der Waals surface area contributed by atoms with Crippen LogP contribution in [0.4, 0.5) is 0 Å². The van der Waals surface area contributed by atoms with Crippen molar-refractivity contribution < 1.29 is 14.2 Å². The average molecular weight is 251 g/mol. The topological polar surface area (TPSA) is 53.7 Å². The van der Waals surface area contributed by atoms with E-state index in [0.717, 1.165) is 17.7 Å². The number of methoxy groups -OCH3 is 1. The Balaban J connectivity index is 2.00. The summed E-state index contributed by atoms with van der Waals surface area (Å²) in [5.41, 5.74) is 6.68. The lowest BCUT2D eigenvalue weighted by Gasteiger charge is -2.23. The highest BCUT2D eigenvalue weighted by Crippen LogP contribution is 2.29. The van der Waals surface area contributed by atoms with Crippen LogP contribution in [-0.4, -0.2) is 32.2 Å². The highest BCUT2D eigenvalue weighted by molar-refractivity contribution is 5.29. The molecule has 0 saturated carbocycles. The molecule has 0 aliphatic carbocycles. The highest BCUT2D eigenvalue weighted by Gasteiger charge is 2.36. The number of hydrogen-bond donors (Lipinski definition) is 1. The molecule has 0 radical (unpaired) electrons. The van der Waals surface area contributed by atoms with Crippen molar-refractivity contribution in [2.75, 3.05) is 20.3 Å². The summed E-state index contributed by atoms with van der Waals surface area (Å²) in [6.07, 6.45) is 1.67. The Bertz CT molecular complexity index is 396. The molecule has 2 rings (SSSR count). The van der Waals surface area contributed by atoms with Crippen LogP contribution in [0.3, 0.4) is 0 Å². The molecule has 2 N–H and O–H groups in total. The maximum Gasteiger partial charge on any atom is 0.170 e. The summed E-state index contributed by atoms with van der Waals surface area (Å²) in [5.74, 6) is 0.305. The van der Waals surface area contributed by atoms with Gasteiger partial charge in [-0.25, -0.2) is 0 Å². The molecule has 0 aromatic heterocycles. The molecule has 1 fully saturated rings. The molecule has 1 aliphatic heterocycles. The molecule has 4 heteroatoms. The van der Waals surface area contributed by atoms with Crippen LogP contribution < -0.4 is 10.5 Å². The SMILES string of the molecule is COc1cccc(CC2(C)OCC(CCN)O2)c1. The van der Waals surface area contributed by atoms with Gasteiger partial charge in [-0.1, -0.05) is 12.1 Å². The zero-order valence-electron chi connectivity index (χ0n) is 11.0. The Morgan fingerprint density at radius 3 is 3.06 bits per heavy atom. The van der Waals surface area contributed by atoms with Crippen molar-refractivity contribution in [1.29, 1.82) is 0 Å². The van der Waals surface area contributed by atoms with Crippen LogP contribution in [0.2, 0.25) is 0 Å². The minimum Gasteiger partial charge on any atom is -0.497 e. The van der Waals surface area contributed by atoms with E-state index in [0.29, 0.717) is 19.6 Å². The number of nitrogens with two attached hydrogens (primary N) is 1. The molecule has 0 amide bonds. The summed E-state index contributed by atoms with van der Waals surface area (Å²) in [5, 5.41) is 0. The molecule has 1 heterocycles. The third-order valence-corrected chi connectivity index (χ3v) is 3.14. The molecule has 0 spiro atoms. The number of benzene rings is 1. The first-order valence-electron chi connectivity index (χ1n) is 6.30. The van der Waals surface area contributed by atoms with E-state index in [4.69, 9.17) is 19.9 Å². The molecular formula is C14H21NO3. The second-order valence-electron chi connectivity index (χ2n) is 4.79. The van der Waals surface area contributed by atoms with E-state index in [1.165, 1.54) is 0 Å². The van der Waals surface area contributed by atoms with Crippen molar-refractivity contribution in [3.63, 3.8) is 0 Å². The maximum atomic E-state index is 5.92. The van der Waals surface area contributed by atoms with E-state index in [1.54, 1.807) is 7.11 Å². The van der Waals surface area contributed by atoms with Crippen LogP contribution in [0.15, 0.2) is 24.3 Å². The molecule has 1 aromatic carbocycles. The number of ether oxygens (including phenoxy) is 3. The average Bonchev–Trinajstić information content (AvgIpc) is 2.71. The molecule has 2 atom stereocenters. The quantitative estimate of drug-likeness (QED) is 0.865. The summed E-state index contributed by atoms with van der Waals surface area (Å²) in [7, 11) is 1.67. The van der Waals surface area contributed by atoms with Gasteiger partial charge in [-0.05, 0) is 37.6 Å². The van der Waals surface area contributed by atoms with Gasteiger partial charge < -0.3 is 19.9 Å². The van der Waals surface area contributed by atoms with Gasteiger partial charge in [0.1, 0.15) is 5.75 Å². The summed E-state index contributed by atoms with van der Waals surface area (Å²) >= 11 is 0. The first-order valence-corrected chi connectivity index (χ1v) is 6.30. The van der Waals surface area contributed by atoms with E-state index in [-0.39, 0.29) is 6.10 Å². The van der Waals surface area contributed by atoms with Gasteiger partial charge >= 0.3 is 0 Å². The van der Waals surface area contributed by atoms with Crippen LogP contribution >= 0.6 is 0 Å². The van der Waals surface area contributed by atoms with Crippen molar-refractivity contribution in [3.8, 4) is 5.75 Å². The Morgan fingerprint density at radius 1 is 1.50 bits per heavy atom. The van der Waals surface area contributed by atoms with Crippen LogP contribution in [-0.2, 0) is 15.9 Å². The Kier molecular flexibility index (Phi) is 4.22. The van der Waals surface area contributed by atoms with E-state index >= 15 is 0 Å². The molecule has 1 saturated heterocycles. The molecule has 1 aromatic rings. The van der Waals surface area contributed by atoms with Gasteiger partial charge in [-0.3, -0.25) is 0 Å². The van der Waals surface area contributed by atoms with Crippen molar-refractivity contribution in [2.24, 2.45) is 5.73 Å². The minimum atomic E-state index is -0.549. The molecule has 4 nitrogen and oxygen atoms in total. The predicted molar refractivity (Wildman–Crippen MR) is 69.6 cm³/mol. The maximum absolute atomic E-state index is 5.92. The largest absolute Gasteiger partial charge is 0.497 e. The minimum absolute atomic E-state index is 0.116. The zero-order valence-corrected chi connectivity index (χ0v) is 11.0. The third-order valence-electron chi connectivity index (χ3n) is 3.14. The van der Waals surface area contributed by atoms with Crippen LogP contribution in [0.5, 0.6) is 5.75 Å². The molecular weight excluding hydrogens is 230 g/mol. The lowest BCUT2D eigenvalue weighted by molar-refractivity contribution is -0.152. The van der Waals surface area contributed by atoms with Crippen molar-refractivity contribution in [2.45, 2.75) is 31.7 Å². The summed E-state index contributed by atoms with van der Waals surface area (Å²) in [4.78, 5) is 0. The van der Waals surface area contributed by atoms with E-state index in [2.05, 4.69) is 6.07 Å². The molecule has 18 heavy (non-hydrogen) atoms. The second-order valence-corrected chi connectivity index (χ2v) is 4.79. The highest BCUT2D eigenvalue weighted by atomic mass is 16.7. The normalized spacial score (nSPS) is 27.4. The van der Waals surface area contributed by atoms with Crippen LogP contribution in [0.25, 0.3) is 0 Å². The zero-order chi connectivity index (χ0) is 13.0. The van der Waals surface area contributed by atoms with Gasteiger partial charge in [0.15, 0.2) is 5.79 Å². The molecule has 2 unspecified atom stereocenters. The van der Waals surface area contributed by atoms with Gasteiger partial charge in [-0.15, -0.1) is 0 Å². The standard InChI is InChI=1S/C14H21NO3/c1-14(17-10-13(18-14)6-7-15)9-11-4-3-5-12(8-11)16-2/h3-5,8,13H,6-7,9-10,15H2,1-2H3. The summed E-state index contributed by atoms with van der Waals surface area (Å²) < 4.78 is 16.9. The fourth-order valence-corrected chi connectivity index (χ4v) is 2.26. The fraction of sp³-hybridized carbons (Fsp3) is 0.571. The Labute approximate surface area is 108 Å². The van der Waals surface area contributed by atoms with Crippen molar-refractivity contribution in [1.82, 2.24) is 0 Å². The summed E-state index contributed by atoms with van der Waals surface area (Å²) in [6, 6.07) is 7.97. The lowest BCUT2D eigenvalue weighted by atomic mass is 10.1. The molecule has 100 valence electrons.